The van der Waals surface area contributed by atoms with Crippen LogP contribution in [0.15, 0.2) is 4.99 Å². The molecule has 0 bridgehead atoms. The summed E-state index contributed by atoms with van der Waals surface area (Å²) in [5, 5.41) is 4.55. The Balaban J connectivity index is 2.24. The van der Waals surface area contributed by atoms with Gasteiger partial charge in [-0.2, -0.15) is 11.8 Å². The van der Waals surface area contributed by atoms with Gasteiger partial charge in [0.15, 0.2) is 5.17 Å². The fourth-order valence-electron chi connectivity index (χ4n) is 1.05. The van der Waals surface area contributed by atoms with Crippen LogP contribution in [0, 0.1) is 0 Å². The highest BCUT2D eigenvalue weighted by Gasteiger charge is 2.08. The summed E-state index contributed by atoms with van der Waals surface area (Å²) in [5.41, 5.74) is 0. The van der Waals surface area contributed by atoms with E-state index in [0.717, 1.165) is 17.5 Å². The summed E-state index contributed by atoms with van der Waals surface area (Å²) >= 11 is 3.72. The lowest BCUT2D eigenvalue weighted by Crippen LogP contribution is -2.33. The third-order valence-electron chi connectivity index (χ3n) is 1.58. The zero-order valence-corrected chi connectivity index (χ0v) is 9.30. The first kappa shape index (κ1) is 10.3. The van der Waals surface area contributed by atoms with E-state index >= 15 is 0 Å². The van der Waals surface area contributed by atoms with E-state index in [1.165, 1.54) is 12.2 Å². The van der Waals surface area contributed by atoms with Gasteiger partial charge in [0.25, 0.3) is 0 Å². The molecular formula is C8H16N2S2. The molecule has 0 amide bonds. The summed E-state index contributed by atoms with van der Waals surface area (Å²) in [7, 11) is 0. The van der Waals surface area contributed by atoms with Crippen LogP contribution in [0.3, 0.4) is 0 Å². The molecule has 1 aliphatic heterocycles. The second kappa shape index (κ2) is 5.75. The van der Waals surface area contributed by atoms with Gasteiger partial charge in [0, 0.05) is 24.1 Å². The van der Waals surface area contributed by atoms with Gasteiger partial charge in [-0.05, 0) is 19.6 Å². The van der Waals surface area contributed by atoms with Gasteiger partial charge in [-0.3, -0.25) is 4.99 Å². The molecule has 12 heavy (non-hydrogen) atoms. The molecule has 1 heterocycles. The molecule has 4 heteroatoms. The van der Waals surface area contributed by atoms with Gasteiger partial charge >= 0.3 is 0 Å². The fraction of sp³-hybridized carbons (Fsp3) is 0.875. The Kier molecular flexibility index (Phi) is 4.92. The van der Waals surface area contributed by atoms with E-state index in [0.29, 0.717) is 6.04 Å². The highest BCUT2D eigenvalue weighted by molar-refractivity contribution is 8.13. The maximum absolute atomic E-state index is 4.41. The van der Waals surface area contributed by atoms with Crippen molar-refractivity contribution in [2.24, 2.45) is 4.99 Å². The number of amidine groups is 1. The van der Waals surface area contributed by atoms with Gasteiger partial charge in [-0.25, -0.2) is 0 Å². The molecule has 0 aromatic heterocycles. The van der Waals surface area contributed by atoms with Crippen molar-refractivity contribution in [3.63, 3.8) is 0 Å². The number of nitrogens with one attached hydrogen (secondary N) is 1. The highest BCUT2D eigenvalue weighted by atomic mass is 32.2. The Morgan fingerprint density at radius 1 is 1.75 bits per heavy atom. The minimum Gasteiger partial charge on any atom is -0.362 e. The summed E-state index contributed by atoms with van der Waals surface area (Å²) in [6, 6.07) is 0.546. The first-order chi connectivity index (χ1) is 5.83. The van der Waals surface area contributed by atoms with Gasteiger partial charge in [-0.1, -0.05) is 11.8 Å². The van der Waals surface area contributed by atoms with Crippen molar-refractivity contribution in [2.75, 3.05) is 24.3 Å². The van der Waals surface area contributed by atoms with E-state index < -0.39 is 0 Å². The van der Waals surface area contributed by atoms with Gasteiger partial charge in [0.05, 0.1) is 0 Å². The topological polar surface area (TPSA) is 24.4 Å². The molecule has 0 spiro atoms. The third-order valence-corrected chi connectivity index (χ3v) is 3.43. The quantitative estimate of drug-likeness (QED) is 0.759. The normalized spacial score (nSPS) is 20.0. The number of rotatable bonds is 3. The first-order valence-electron chi connectivity index (χ1n) is 4.25. The molecular weight excluding hydrogens is 188 g/mol. The molecule has 0 saturated heterocycles. The Morgan fingerprint density at radius 2 is 2.58 bits per heavy atom. The Bertz CT molecular complexity index is 159. The number of hydrogen-bond donors (Lipinski definition) is 1. The minimum absolute atomic E-state index is 0.546. The fourth-order valence-corrected chi connectivity index (χ4v) is 2.57. The largest absolute Gasteiger partial charge is 0.362 e. The molecule has 0 fully saturated rings. The molecule has 0 saturated carbocycles. The predicted octanol–water partition coefficient (Wildman–Crippen LogP) is 1.82. The van der Waals surface area contributed by atoms with Crippen LogP contribution in [0.2, 0.25) is 0 Å². The molecule has 1 rings (SSSR count). The zero-order chi connectivity index (χ0) is 8.81. The van der Waals surface area contributed by atoms with Crippen molar-refractivity contribution >= 4 is 28.7 Å². The van der Waals surface area contributed by atoms with Gasteiger partial charge in [-0.15, -0.1) is 0 Å². The summed E-state index contributed by atoms with van der Waals surface area (Å²) in [5.74, 6) is 2.37. The van der Waals surface area contributed by atoms with Crippen molar-refractivity contribution in [1.29, 1.82) is 0 Å². The molecule has 2 nitrogen and oxygen atoms in total. The SMILES string of the molecule is CSCC(C)NC1=NCCCS1. The van der Waals surface area contributed by atoms with E-state index in [1.54, 1.807) is 0 Å². The van der Waals surface area contributed by atoms with Gasteiger partial charge < -0.3 is 5.32 Å². The number of hydrogen-bond acceptors (Lipinski definition) is 4. The molecule has 0 aromatic rings. The van der Waals surface area contributed by atoms with Crippen molar-refractivity contribution in [2.45, 2.75) is 19.4 Å². The maximum atomic E-state index is 4.41. The van der Waals surface area contributed by atoms with Crippen LogP contribution >= 0.6 is 23.5 Å². The summed E-state index contributed by atoms with van der Waals surface area (Å²) in [6.07, 6.45) is 3.36. The molecule has 1 unspecified atom stereocenters. The lowest BCUT2D eigenvalue weighted by molar-refractivity contribution is 0.744. The molecule has 1 atom stereocenters. The maximum Gasteiger partial charge on any atom is 0.156 e. The molecule has 1 N–H and O–H groups in total. The van der Waals surface area contributed by atoms with Crippen molar-refractivity contribution < 1.29 is 0 Å². The highest BCUT2D eigenvalue weighted by Crippen LogP contribution is 2.11. The average molecular weight is 204 g/mol. The molecule has 1 aliphatic rings. The van der Waals surface area contributed by atoms with Crippen molar-refractivity contribution in [1.82, 2.24) is 5.32 Å². The molecule has 0 aliphatic carbocycles. The predicted molar refractivity (Wildman–Crippen MR) is 60.4 cm³/mol. The van der Waals surface area contributed by atoms with E-state index in [-0.39, 0.29) is 0 Å². The lowest BCUT2D eigenvalue weighted by atomic mass is 10.4. The van der Waals surface area contributed by atoms with Crippen LogP contribution in [0.4, 0.5) is 0 Å². The second-order valence-electron chi connectivity index (χ2n) is 2.89. The monoisotopic (exact) mass is 204 g/mol. The van der Waals surface area contributed by atoms with Crippen LogP contribution in [-0.4, -0.2) is 35.5 Å². The van der Waals surface area contributed by atoms with Gasteiger partial charge in [0.2, 0.25) is 0 Å². The summed E-state index contributed by atoms with van der Waals surface area (Å²) in [4.78, 5) is 4.41. The minimum atomic E-state index is 0.546. The second-order valence-corrected chi connectivity index (χ2v) is 4.88. The van der Waals surface area contributed by atoms with Crippen LogP contribution < -0.4 is 5.32 Å². The Labute approximate surface area is 83.0 Å². The third kappa shape index (κ3) is 3.72. The smallest absolute Gasteiger partial charge is 0.156 e. The average Bonchev–Trinajstić information content (AvgIpc) is 2.06. The summed E-state index contributed by atoms with van der Waals surface area (Å²) < 4.78 is 0. The lowest BCUT2D eigenvalue weighted by Gasteiger charge is -2.17. The van der Waals surface area contributed by atoms with Crippen LogP contribution in [0.1, 0.15) is 13.3 Å². The molecule has 0 radical (unpaired) electrons. The number of aliphatic imine (C=N–C) groups is 1. The Hall–Kier alpha value is 0.170. The number of nitrogens with zero attached hydrogens (tertiary/aromatic N) is 1. The van der Waals surface area contributed by atoms with E-state index in [2.05, 4.69) is 23.5 Å². The molecule has 70 valence electrons. The summed E-state index contributed by atoms with van der Waals surface area (Å²) in [6.45, 7) is 3.20. The zero-order valence-electron chi connectivity index (χ0n) is 7.67. The first-order valence-corrected chi connectivity index (χ1v) is 6.63. The van der Waals surface area contributed by atoms with Crippen molar-refractivity contribution in [3.05, 3.63) is 0 Å². The molecule has 0 aromatic carbocycles. The van der Waals surface area contributed by atoms with E-state index in [1.807, 2.05) is 23.5 Å². The van der Waals surface area contributed by atoms with Gasteiger partial charge in [0.1, 0.15) is 0 Å². The van der Waals surface area contributed by atoms with Crippen LogP contribution in [0.25, 0.3) is 0 Å². The van der Waals surface area contributed by atoms with Crippen LogP contribution in [0.5, 0.6) is 0 Å². The van der Waals surface area contributed by atoms with E-state index in [9.17, 15) is 0 Å². The Morgan fingerprint density at radius 3 is 3.17 bits per heavy atom. The van der Waals surface area contributed by atoms with Crippen molar-refractivity contribution in [3.8, 4) is 0 Å². The van der Waals surface area contributed by atoms with Crippen LogP contribution in [-0.2, 0) is 0 Å². The number of thioether (sulfide) groups is 2. The standard InChI is InChI=1S/C8H16N2S2/c1-7(6-11-2)10-8-9-4-3-5-12-8/h7H,3-6H2,1-2H3,(H,9,10). The van der Waals surface area contributed by atoms with E-state index in [4.69, 9.17) is 0 Å².